The molecule has 0 unspecified atom stereocenters. The Labute approximate surface area is 108 Å². The van der Waals surface area contributed by atoms with Crippen LogP contribution in [0.1, 0.15) is 12.6 Å². The van der Waals surface area contributed by atoms with Gasteiger partial charge in [-0.15, -0.1) is 5.10 Å². The van der Waals surface area contributed by atoms with Crippen LogP contribution < -0.4 is 9.47 Å². The van der Waals surface area contributed by atoms with Crippen LogP contribution in [0, 0.1) is 0 Å². The van der Waals surface area contributed by atoms with Crippen molar-refractivity contribution in [2.45, 2.75) is 13.5 Å². The predicted molar refractivity (Wildman–Crippen MR) is 66.9 cm³/mol. The lowest BCUT2D eigenvalue weighted by Crippen LogP contribution is -2.00. The van der Waals surface area contributed by atoms with Crippen LogP contribution in [0.5, 0.6) is 11.5 Å². The van der Waals surface area contributed by atoms with Gasteiger partial charge in [0.25, 0.3) is 0 Å². The highest BCUT2D eigenvalue weighted by molar-refractivity contribution is 7.10. The number of rotatable bonds is 5. The third-order valence-electron chi connectivity index (χ3n) is 2.02. The van der Waals surface area contributed by atoms with Crippen molar-refractivity contribution < 1.29 is 9.47 Å². The molecule has 1 heterocycles. The first-order valence-electron chi connectivity index (χ1n) is 5.12. The summed E-state index contributed by atoms with van der Waals surface area (Å²) in [6.45, 7) is 2.82. The maximum Gasteiger partial charge on any atom is 0.161 e. The Balaban J connectivity index is 2.06. The normalized spacial score (nSPS) is 10.2. The first-order valence-corrected chi connectivity index (χ1v) is 6.27. The molecular formula is C11H11ClN2O2S. The second-order valence-electron chi connectivity index (χ2n) is 3.16. The fourth-order valence-corrected chi connectivity index (χ4v) is 1.87. The van der Waals surface area contributed by atoms with E-state index in [0.29, 0.717) is 34.7 Å². The van der Waals surface area contributed by atoms with E-state index in [-0.39, 0.29) is 0 Å². The van der Waals surface area contributed by atoms with Gasteiger partial charge in [-0.25, -0.2) is 0 Å². The number of benzene rings is 1. The van der Waals surface area contributed by atoms with Crippen LogP contribution in [-0.2, 0) is 6.61 Å². The summed E-state index contributed by atoms with van der Waals surface area (Å²) in [4.78, 5) is 0. The molecule has 0 bridgehead atoms. The molecule has 2 aromatic rings. The van der Waals surface area contributed by atoms with E-state index in [2.05, 4.69) is 9.59 Å². The topological polar surface area (TPSA) is 44.2 Å². The van der Waals surface area contributed by atoms with Crippen molar-refractivity contribution in [3.8, 4) is 11.5 Å². The number of hydrogen-bond acceptors (Lipinski definition) is 5. The fraction of sp³-hybridized carbons (Fsp3) is 0.273. The molecule has 17 heavy (non-hydrogen) atoms. The van der Waals surface area contributed by atoms with Gasteiger partial charge in [-0.2, -0.15) is 0 Å². The highest BCUT2D eigenvalue weighted by Crippen LogP contribution is 2.28. The molecule has 0 aliphatic heterocycles. The summed E-state index contributed by atoms with van der Waals surface area (Å²) in [7, 11) is 0. The van der Waals surface area contributed by atoms with Crippen LogP contribution in [0.15, 0.2) is 24.3 Å². The molecule has 4 nitrogen and oxygen atoms in total. The van der Waals surface area contributed by atoms with E-state index in [0.717, 1.165) is 11.5 Å². The van der Waals surface area contributed by atoms with Crippen LogP contribution in [-0.4, -0.2) is 16.2 Å². The fourth-order valence-electron chi connectivity index (χ4n) is 1.27. The average Bonchev–Trinajstić information content (AvgIpc) is 2.74. The number of hydrogen-bond donors (Lipinski definition) is 0. The van der Waals surface area contributed by atoms with Crippen LogP contribution in [0.4, 0.5) is 0 Å². The summed E-state index contributed by atoms with van der Waals surface area (Å²) in [5.41, 5.74) is 0.642. The van der Waals surface area contributed by atoms with E-state index in [4.69, 9.17) is 21.1 Å². The highest BCUT2D eigenvalue weighted by atomic mass is 35.5. The van der Waals surface area contributed by atoms with Gasteiger partial charge in [0.15, 0.2) is 11.5 Å². The van der Waals surface area contributed by atoms with Gasteiger partial charge in [0.1, 0.15) is 16.6 Å². The average molecular weight is 271 g/mol. The second-order valence-corrected chi connectivity index (χ2v) is 4.52. The van der Waals surface area contributed by atoms with E-state index in [1.807, 2.05) is 31.2 Å². The van der Waals surface area contributed by atoms with Crippen molar-refractivity contribution in [3.63, 3.8) is 0 Å². The summed E-state index contributed by atoms with van der Waals surface area (Å²) in [5.74, 6) is 1.40. The molecule has 0 N–H and O–H groups in total. The lowest BCUT2D eigenvalue weighted by Gasteiger charge is -2.10. The Morgan fingerprint density at radius 3 is 2.53 bits per heavy atom. The summed E-state index contributed by atoms with van der Waals surface area (Å²) < 4.78 is 15.4. The van der Waals surface area contributed by atoms with Crippen LogP contribution >= 0.6 is 23.1 Å². The molecule has 0 fully saturated rings. The molecular weight excluding hydrogens is 260 g/mol. The van der Waals surface area contributed by atoms with Gasteiger partial charge in [-0.1, -0.05) is 28.2 Å². The zero-order valence-corrected chi connectivity index (χ0v) is 10.8. The largest absolute Gasteiger partial charge is 0.490 e. The van der Waals surface area contributed by atoms with Crippen molar-refractivity contribution in [1.82, 2.24) is 9.59 Å². The molecule has 0 aliphatic carbocycles. The Hall–Kier alpha value is -1.33. The minimum Gasteiger partial charge on any atom is -0.490 e. The summed E-state index contributed by atoms with van der Waals surface area (Å²) >= 11 is 7.04. The molecule has 90 valence electrons. The molecule has 6 heteroatoms. The van der Waals surface area contributed by atoms with E-state index < -0.39 is 0 Å². The van der Waals surface area contributed by atoms with E-state index in [1.54, 1.807) is 0 Å². The SMILES string of the molecule is CCOc1ccccc1OCc1nnsc1Cl. The Kier molecular flexibility index (Phi) is 4.17. The minimum absolute atomic E-state index is 0.291. The number of halogens is 1. The number of para-hydroxylation sites is 2. The number of aromatic nitrogens is 2. The minimum atomic E-state index is 0.291. The number of ether oxygens (including phenoxy) is 2. The first kappa shape index (κ1) is 12.1. The molecule has 0 saturated carbocycles. The van der Waals surface area contributed by atoms with Gasteiger partial charge >= 0.3 is 0 Å². The summed E-state index contributed by atoms with van der Waals surface area (Å²) in [5, 5.41) is 3.88. The van der Waals surface area contributed by atoms with Crippen LogP contribution in [0.3, 0.4) is 0 Å². The van der Waals surface area contributed by atoms with Gasteiger partial charge in [0.2, 0.25) is 0 Å². The van der Waals surface area contributed by atoms with E-state index >= 15 is 0 Å². The van der Waals surface area contributed by atoms with E-state index in [1.165, 1.54) is 0 Å². The van der Waals surface area contributed by atoms with Gasteiger partial charge < -0.3 is 9.47 Å². The lowest BCUT2D eigenvalue weighted by atomic mass is 10.3. The third-order valence-corrected chi connectivity index (χ3v) is 3.01. The smallest absolute Gasteiger partial charge is 0.161 e. The Morgan fingerprint density at radius 1 is 1.24 bits per heavy atom. The van der Waals surface area contributed by atoms with Crippen LogP contribution in [0.2, 0.25) is 4.34 Å². The zero-order chi connectivity index (χ0) is 12.1. The van der Waals surface area contributed by atoms with Gasteiger partial charge in [-0.3, -0.25) is 0 Å². The maximum atomic E-state index is 5.89. The monoisotopic (exact) mass is 270 g/mol. The van der Waals surface area contributed by atoms with Crippen molar-refractivity contribution in [1.29, 1.82) is 0 Å². The molecule has 0 saturated heterocycles. The first-order chi connectivity index (χ1) is 8.31. The highest BCUT2D eigenvalue weighted by Gasteiger charge is 2.08. The number of nitrogens with zero attached hydrogens (tertiary/aromatic N) is 2. The molecule has 2 rings (SSSR count). The lowest BCUT2D eigenvalue weighted by molar-refractivity contribution is 0.266. The predicted octanol–water partition coefficient (Wildman–Crippen LogP) is 3.17. The maximum absolute atomic E-state index is 5.89. The van der Waals surface area contributed by atoms with Gasteiger partial charge in [-0.05, 0) is 19.1 Å². The molecule has 0 aliphatic rings. The van der Waals surface area contributed by atoms with Crippen molar-refractivity contribution in [2.24, 2.45) is 0 Å². The second kappa shape index (κ2) is 5.84. The van der Waals surface area contributed by atoms with Crippen molar-refractivity contribution in [3.05, 3.63) is 34.3 Å². The van der Waals surface area contributed by atoms with E-state index in [9.17, 15) is 0 Å². The van der Waals surface area contributed by atoms with Crippen molar-refractivity contribution in [2.75, 3.05) is 6.61 Å². The molecule has 0 atom stereocenters. The van der Waals surface area contributed by atoms with Gasteiger partial charge in [0.05, 0.1) is 6.61 Å². The standard InChI is InChI=1S/C11H11ClN2O2S/c1-2-15-9-5-3-4-6-10(9)16-7-8-11(12)17-14-13-8/h3-6H,2,7H2,1H3. The zero-order valence-electron chi connectivity index (χ0n) is 9.22. The van der Waals surface area contributed by atoms with Gasteiger partial charge in [0, 0.05) is 11.5 Å². The van der Waals surface area contributed by atoms with Crippen LogP contribution in [0.25, 0.3) is 0 Å². The van der Waals surface area contributed by atoms with Crippen molar-refractivity contribution >= 4 is 23.1 Å². The quantitative estimate of drug-likeness (QED) is 0.837. The third kappa shape index (κ3) is 3.08. The summed E-state index contributed by atoms with van der Waals surface area (Å²) in [6.07, 6.45) is 0. The molecule has 1 aromatic heterocycles. The molecule has 1 aromatic carbocycles. The summed E-state index contributed by atoms with van der Waals surface area (Å²) in [6, 6.07) is 7.49. The molecule has 0 amide bonds. The molecule has 0 radical (unpaired) electrons. The Bertz CT molecular complexity index is 490. The molecule has 0 spiro atoms. The Morgan fingerprint density at radius 2 is 1.94 bits per heavy atom.